The quantitative estimate of drug-likeness (QED) is 0.879. The molecule has 0 spiro atoms. The third kappa shape index (κ3) is 3.98. The van der Waals surface area contributed by atoms with Crippen LogP contribution in [0, 0.1) is 17.7 Å². The van der Waals surface area contributed by atoms with E-state index in [-0.39, 0.29) is 30.6 Å². The molecule has 0 unspecified atom stereocenters. The van der Waals surface area contributed by atoms with E-state index in [1.54, 1.807) is 12.1 Å². The van der Waals surface area contributed by atoms with Crippen molar-refractivity contribution in [3.8, 4) is 0 Å². The standard InChI is InChI=1S/C18H26FN3.2ClH/c19-16-3-1-2-4-18(16)21-9-7-14(8-10-21)22-11-15(13-5-6-13)17(20)12-22;;/h1-4,13-15,17H,5-12,20H2;2*1H/t15-,17+;;/m1../s1. The van der Waals surface area contributed by atoms with Gasteiger partial charge in [0.15, 0.2) is 0 Å². The number of nitrogens with zero attached hydrogens (tertiary/aromatic N) is 2. The fourth-order valence-electron chi connectivity index (χ4n) is 4.39. The smallest absolute Gasteiger partial charge is 0.146 e. The average Bonchev–Trinajstić information content (AvgIpc) is 3.31. The average molecular weight is 376 g/mol. The van der Waals surface area contributed by atoms with Gasteiger partial charge < -0.3 is 10.6 Å². The van der Waals surface area contributed by atoms with E-state index in [4.69, 9.17) is 5.73 Å². The Kier molecular flexibility index (Phi) is 6.77. The highest BCUT2D eigenvalue weighted by molar-refractivity contribution is 5.85. The van der Waals surface area contributed by atoms with E-state index in [9.17, 15) is 4.39 Å². The predicted molar refractivity (Wildman–Crippen MR) is 102 cm³/mol. The maximum Gasteiger partial charge on any atom is 0.146 e. The Morgan fingerprint density at radius 2 is 1.62 bits per heavy atom. The van der Waals surface area contributed by atoms with Crippen LogP contribution in [0.2, 0.25) is 0 Å². The van der Waals surface area contributed by atoms with Crippen molar-refractivity contribution < 1.29 is 4.39 Å². The Hall–Kier alpha value is -0.550. The lowest BCUT2D eigenvalue weighted by molar-refractivity contribution is 0.197. The van der Waals surface area contributed by atoms with Crippen molar-refractivity contribution in [2.24, 2.45) is 17.6 Å². The van der Waals surface area contributed by atoms with Gasteiger partial charge in [-0.05, 0) is 49.7 Å². The van der Waals surface area contributed by atoms with Crippen molar-refractivity contribution in [1.82, 2.24) is 4.90 Å². The number of hydrogen-bond donors (Lipinski definition) is 1. The molecule has 6 heteroatoms. The van der Waals surface area contributed by atoms with Crippen molar-refractivity contribution >= 4 is 30.5 Å². The van der Waals surface area contributed by atoms with Gasteiger partial charge in [0.05, 0.1) is 5.69 Å². The van der Waals surface area contributed by atoms with Gasteiger partial charge >= 0.3 is 0 Å². The summed E-state index contributed by atoms with van der Waals surface area (Å²) in [7, 11) is 0. The summed E-state index contributed by atoms with van der Waals surface area (Å²) in [5.41, 5.74) is 7.11. The summed E-state index contributed by atoms with van der Waals surface area (Å²) >= 11 is 0. The molecule has 1 aliphatic carbocycles. The first-order valence-corrected chi connectivity index (χ1v) is 8.71. The van der Waals surface area contributed by atoms with E-state index in [2.05, 4.69) is 9.80 Å². The van der Waals surface area contributed by atoms with Gasteiger partial charge in [-0.1, -0.05) is 12.1 Å². The van der Waals surface area contributed by atoms with Crippen molar-refractivity contribution in [2.75, 3.05) is 31.1 Å². The largest absolute Gasteiger partial charge is 0.369 e. The van der Waals surface area contributed by atoms with Crippen LogP contribution in [0.1, 0.15) is 25.7 Å². The number of anilines is 1. The van der Waals surface area contributed by atoms with E-state index in [0.717, 1.165) is 50.0 Å². The summed E-state index contributed by atoms with van der Waals surface area (Å²) in [5.74, 6) is 1.53. The van der Waals surface area contributed by atoms with Crippen molar-refractivity contribution in [3.05, 3.63) is 30.1 Å². The Balaban J connectivity index is 0.00000104. The van der Waals surface area contributed by atoms with Crippen LogP contribution in [0.15, 0.2) is 24.3 Å². The topological polar surface area (TPSA) is 32.5 Å². The number of hydrogen-bond acceptors (Lipinski definition) is 3. The highest BCUT2D eigenvalue weighted by Crippen LogP contribution is 2.41. The molecule has 2 atom stereocenters. The zero-order valence-corrected chi connectivity index (χ0v) is 15.6. The molecule has 2 saturated heterocycles. The second kappa shape index (κ2) is 8.22. The summed E-state index contributed by atoms with van der Waals surface area (Å²) in [5, 5.41) is 0. The van der Waals surface area contributed by atoms with E-state index >= 15 is 0 Å². The van der Waals surface area contributed by atoms with Crippen LogP contribution in [0.5, 0.6) is 0 Å². The number of piperidine rings is 1. The van der Waals surface area contributed by atoms with E-state index in [1.165, 1.54) is 19.4 Å². The monoisotopic (exact) mass is 375 g/mol. The molecule has 1 aromatic rings. The minimum Gasteiger partial charge on any atom is -0.369 e. The van der Waals surface area contributed by atoms with Gasteiger partial charge in [0.1, 0.15) is 5.82 Å². The molecule has 0 bridgehead atoms. The molecule has 4 rings (SSSR count). The van der Waals surface area contributed by atoms with Gasteiger partial charge in [0.2, 0.25) is 0 Å². The molecule has 2 N–H and O–H groups in total. The number of rotatable bonds is 3. The molecule has 2 heterocycles. The Labute approximate surface area is 156 Å². The lowest BCUT2D eigenvalue weighted by Crippen LogP contribution is -2.45. The first-order valence-electron chi connectivity index (χ1n) is 8.71. The lowest BCUT2D eigenvalue weighted by atomic mass is 9.99. The number of benzene rings is 1. The van der Waals surface area contributed by atoms with Crippen molar-refractivity contribution in [3.63, 3.8) is 0 Å². The summed E-state index contributed by atoms with van der Waals surface area (Å²) in [6.45, 7) is 4.15. The molecule has 0 radical (unpaired) electrons. The fraction of sp³-hybridized carbons (Fsp3) is 0.667. The maximum atomic E-state index is 13.9. The van der Waals surface area contributed by atoms with Crippen LogP contribution < -0.4 is 10.6 Å². The van der Waals surface area contributed by atoms with Crippen LogP contribution >= 0.6 is 24.8 Å². The third-order valence-corrected chi connectivity index (χ3v) is 5.84. The molecule has 24 heavy (non-hydrogen) atoms. The van der Waals surface area contributed by atoms with Gasteiger partial charge in [-0.15, -0.1) is 24.8 Å². The molecule has 0 amide bonds. The zero-order valence-electron chi connectivity index (χ0n) is 13.9. The zero-order chi connectivity index (χ0) is 15.1. The van der Waals surface area contributed by atoms with E-state index in [1.807, 2.05) is 12.1 Å². The molecule has 136 valence electrons. The molecular formula is C18H28Cl2FN3. The third-order valence-electron chi connectivity index (χ3n) is 5.84. The Morgan fingerprint density at radius 1 is 0.958 bits per heavy atom. The minimum atomic E-state index is -0.0991. The SMILES string of the molecule is Cl.Cl.N[C@H]1CN(C2CCN(c3ccccc3F)CC2)C[C@@H]1C1CC1. The second-order valence-electron chi connectivity index (χ2n) is 7.29. The highest BCUT2D eigenvalue weighted by Gasteiger charge is 2.42. The van der Waals surface area contributed by atoms with Crippen molar-refractivity contribution in [2.45, 2.75) is 37.8 Å². The Morgan fingerprint density at radius 3 is 2.25 bits per heavy atom. The summed E-state index contributed by atoms with van der Waals surface area (Å²) in [6, 6.07) is 8.14. The minimum absolute atomic E-state index is 0. The fourth-order valence-corrected chi connectivity index (χ4v) is 4.39. The first-order chi connectivity index (χ1) is 10.7. The van der Waals surface area contributed by atoms with Gasteiger partial charge in [-0.2, -0.15) is 0 Å². The first kappa shape index (κ1) is 19.8. The number of likely N-dealkylation sites (tertiary alicyclic amines) is 1. The summed E-state index contributed by atoms with van der Waals surface area (Å²) in [4.78, 5) is 4.81. The summed E-state index contributed by atoms with van der Waals surface area (Å²) < 4.78 is 13.9. The van der Waals surface area contributed by atoms with E-state index in [0.29, 0.717) is 12.1 Å². The predicted octanol–water partition coefficient (Wildman–Crippen LogP) is 3.31. The van der Waals surface area contributed by atoms with Crippen LogP contribution in [0.25, 0.3) is 0 Å². The Bertz CT molecular complexity index is 533. The van der Waals surface area contributed by atoms with Gasteiger partial charge in [0, 0.05) is 38.3 Å². The highest BCUT2D eigenvalue weighted by atomic mass is 35.5. The molecule has 3 fully saturated rings. The van der Waals surface area contributed by atoms with E-state index < -0.39 is 0 Å². The van der Waals surface area contributed by atoms with Gasteiger partial charge in [-0.25, -0.2) is 4.39 Å². The molecule has 0 aromatic heterocycles. The van der Waals surface area contributed by atoms with Crippen LogP contribution in [-0.2, 0) is 0 Å². The van der Waals surface area contributed by atoms with Gasteiger partial charge in [0.25, 0.3) is 0 Å². The normalized spacial score (nSPS) is 28.3. The number of para-hydroxylation sites is 1. The molecule has 3 aliphatic rings. The van der Waals surface area contributed by atoms with Crippen LogP contribution in [0.4, 0.5) is 10.1 Å². The second-order valence-corrected chi connectivity index (χ2v) is 7.29. The molecule has 1 aromatic carbocycles. The number of nitrogens with two attached hydrogens (primary N) is 1. The molecule has 1 saturated carbocycles. The molecule has 2 aliphatic heterocycles. The maximum absolute atomic E-state index is 13.9. The van der Waals surface area contributed by atoms with Crippen LogP contribution in [-0.4, -0.2) is 43.2 Å². The summed E-state index contributed by atoms with van der Waals surface area (Å²) in [6.07, 6.45) is 5.02. The molecule has 3 nitrogen and oxygen atoms in total. The van der Waals surface area contributed by atoms with Gasteiger partial charge in [-0.3, -0.25) is 4.90 Å². The number of halogens is 3. The lowest BCUT2D eigenvalue weighted by Gasteiger charge is -2.38. The molecular weight excluding hydrogens is 348 g/mol. The van der Waals surface area contributed by atoms with Crippen molar-refractivity contribution in [1.29, 1.82) is 0 Å². The van der Waals surface area contributed by atoms with Crippen LogP contribution in [0.3, 0.4) is 0 Å².